The van der Waals surface area contributed by atoms with E-state index in [2.05, 4.69) is 10.2 Å². The maximum absolute atomic E-state index is 7.18. The van der Waals surface area contributed by atoms with Gasteiger partial charge in [-0.15, -0.1) is 0 Å². The van der Waals surface area contributed by atoms with Crippen LogP contribution in [0.15, 0.2) is 33.7 Å². The Morgan fingerprint density at radius 3 is 2.67 bits per heavy atom. The van der Waals surface area contributed by atoms with Crippen LogP contribution in [0.5, 0.6) is 0 Å². The molecule has 0 atom stereocenters. The summed E-state index contributed by atoms with van der Waals surface area (Å²) in [6.45, 7) is 0. The van der Waals surface area contributed by atoms with E-state index in [0.717, 1.165) is 24.1 Å². The van der Waals surface area contributed by atoms with E-state index in [4.69, 9.17) is 11.1 Å². The zero-order valence-electron chi connectivity index (χ0n) is 7.04. The fourth-order valence-corrected chi connectivity index (χ4v) is 1.06. The van der Waals surface area contributed by atoms with Crippen LogP contribution in [0.25, 0.3) is 0 Å². The van der Waals surface area contributed by atoms with E-state index in [0.29, 0.717) is 0 Å². The lowest BCUT2D eigenvalue weighted by Gasteiger charge is -2.08. The van der Waals surface area contributed by atoms with Gasteiger partial charge in [0.1, 0.15) is 5.84 Å². The summed E-state index contributed by atoms with van der Waals surface area (Å²) in [6, 6.07) is 0. The zero-order valence-corrected chi connectivity index (χ0v) is 7.04. The minimum Gasteiger partial charge on any atom is -0.384 e. The maximum atomic E-state index is 7.18. The molecule has 0 radical (unpaired) electrons. The highest BCUT2D eigenvalue weighted by atomic mass is 15.1. The second-order valence-corrected chi connectivity index (χ2v) is 2.56. The molecule has 0 saturated heterocycles. The normalized spacial score (nSPS) is 17.4. The first-order valence-electron chi connectivity index (χ1n) is 3.78. The van der Waals surface area contributed by atoms with Crippen molar-refractivity contribution in [3.05, 3.63) is 23.4 Å². The van der Waals surface area contributed by atoms with Crippen LogP contribution in [0.2, 0.25) is 0 Å². The number of allylic oxidation sites excluding steroid dienone is 3. The third-order valence-corrected chi connectivity index (χ3v) is 1.70. The molecule has 0 aromatic heterocycles. The Hall–Kier alpha value is -1.45. The average molecular weight is 164 g/mol. The fourth-order valence-electron chi connectivity index (χ4n) is 1.06. The Bertz CT molecular complexity index is 273. The molecule has 0 unspecified atom stereocenters. The molecular formula is C8H12N4. The number of nitrogens with zero attached hydrogens (tertiary/aromatic N) is 2. The van der Waals surface area contributed by atoms with Gasteiger partial charge in [-0.1, -0.05) is 6.08 Å². The summed E-state index contributed by atoms with van der Waals surface area (Å²) < 4.78 is 0. The Morgan fingerprint density at radius 1 is 1.50 bits per heavy atom. The van der Waals surface area contributed by atoms with E-state index in [9.17, 15) is 0 Å². The van der Waals surface area contributed by atoms with Crippen LogP contribution in [0, 0.1) is 5.41 Å². The van der Waals surface area contributed by atoms with E-state index in [1.807, 2.05) is 12.2 Å². The zero-order chi connectivity index (χ0) is 8.97. The quantitative estimate of drug-likeness (QED) is 0.363. The van der Waals surface area contributed by atoms with Crippen molar-refractivity contribution < 1.29 is 0 Å². The predicted molar refractivity (Wildman–Crippen MR) is 48.1 cm³/mol. The number of rotatable bonds is 2. The van der Waals surface area contributed by atoms with Crippen molar-refractivity contribution in [3.63, 3.8) is 0 Å². The van der Waals surface area contributed by atoms with Crippen LogP contribution in [0.3, 0.4) is 0 Å². The summed E-state index contributed by atoms with van der Waals surface area (Å²) in [5.74, 6) is 0.152. The minimum absolute atomic E-state index is 0.152. The van der Waals surface area contributed by atoms with Crippen LogP contribution in [-0.4, -0.2) is 12.9 Å². The summed E-state index contributed by atoms with van der Waals surface area (Å²) in [5.41, 5.74) is 7.14. The molecule has 4 heteroatoms. The van der Waals surface area contributed by atoms with Gasteiger partial charge in [-0.3, -0.25) is 5.41 Å². The molecule has 4 nitrogen and oxygen atoms in total. The molecule has 0 bridgehead atoms. The molecule has 0 heterocycles. The molecule has 1 aliphatic rings. The lowest BCUT2D eigenvalue weighted by atomic mass is 10.0. The highest BCUT2D eigenvalue weighted by Gasteiger charge is 2.07. The van der Waals surface area contributed by atoms with Crippen molar-refractivity contribution >= 4 is 5.84 Å². The molecule has 0 aromatic carbocycles. The van der Waals surface area contributed by atoms with Crippen molar-refractivity contribution in [2.75, 3.05) is 7.05 Å². The fraction of sp³-hybridized carbons (Fsp3) is 0.375. The van der Waals surface area contributed by atoms with Crippen molar-refractivity contribution in [3.8, 4) is 0 Å². The van der Waals surface area contributed by atoms with Gasteiger partial charge in [-0.25, -0.2) is 0 Å². The maximum Gasteiger partial charge on any atom is 0.118 e. The van der Waals surface area contributed by atoms with Crippen LogP contribution in [0.4, 0.5) is 0 Å². The monoisotopic (exact) mass is 164 g/mol. The summed E-state index contributed by atoms with van der Waals surface area (Å²) in [4.78, 5) is 0. The topological polar surface area (TPSA) is 74.6 Å². The second kappa shape index (κ2) is 3.80. The molecule has 0 saturated carbocycles. The Labute approximate surface area is 71.4 Å². The van der Waals surface area contributed by atoms with Crippen LogP contribution in [0.1, 0.15) is 12.8 Å². The molecule has 1 aliphatic carbocycles. The van der Waals surface area contributed by atoms with Gasteiger partial charge in [0, 0.05) is 7.05 Å². The Morgan fingerprint density at radius 2 is 2.25 bits per heavy atom. The third kappa shape index (κ3) is 2.02. The first-order chi connectivity index (χ1) is 5.74. The minimum atomic E-state index is 0.152. The van der Waals surface area contributed by atoms with E-state index < -0.39 is 0 Å². The molecule has 0 aliphatic heterocycles. The Kier molecular flexibility index (Phi) is 2.74. The standard InChI is InChI=1S/C8H12N4/c1-11-12-7-4-2-6(3-5-7)8(9)10/h2,4H,3,5H2,1H3,(H3,9,10)/b12-11+. The molecule has 0 aromatic rings. The lowest BCUT2D eigenvalue weighted by Crippen LogP contribution is -2.14. The first-order valence-corrected chi connectivity index (χ1v) is 3.78. The molecule has 3 N–H and O–H groups in total. The van der Waals surface area contributed by atoms with Gasteiger partial charge < -0.3 is 5.73 Å². The highest BCUT2D eigenvalue weighted by Crippen LogP contribution is 2.18. The van der Waals surface area contributed by atoms with E-state index in [1.165, 1.54) is 0 Å². The van der Waals surface area contributed by atoms with E-state index >= 15 is 0 Å². The van der Waals surface area contributed by atoms with Crippen molar-refractivity contribution in [1.29, 1.82) is 5.41 Å². The summed E-state index contributed by atoms with van der Waals surface area (Å²) >= 11 is 0. The van der Waals surface area contributed by atoms with Gasteiger partial charge in [-0.2, -0.15) is 10.2 Å². The molecule has 0 fully saturated rings. The number of hydrogen-bond acceptors (Lipinski definition) is 3. The van der Waals surface area contributed by atoms with Crippen molar-refractivity contribution in [2.24, 2.45) is 16.0 Å². The lowest BCUT2D eigenvalue weighted by molar-refractivity contribution is 0.883. The second-order valence-electron chi connectivity index (χ2n) is 2.56. The average Bonchev–Trinajstić information content (AvgIpc) is 2.06. The molecule has 0 spiro atoms. The van der Waals surface area contributed by atoms with Crippen LogP contribution >= 0.6 is 0 Å². The predicted octanol–water partition coefficient (Wildman–Crippen LogP) is 1.61. The van der Waals surface area contributed by atoms with Gasteiger partial charge in [0.25, 0.3) is 0 Å². The highest BCUT2D eigenvalue weighted by molar-refractivity contribution is 5.94. The molecule has 64 valence electrons. The molecular weight excluding hydrogens is 152 g/mol. The largest absolute Gasteiger partial charge is 0.384 e. The van der Waals surface area contributed by atoms with Gasteiger partial charge in [-0.05, 0) is 24.5 Å². The van der Waals surface area contributed by atoms with Gasteiger partial charge in [0.05, 0.1) is 5.70 Å². The van der Waals surface area contributed by atoms with E-state index in [-0.39, 0.29) is 5.84 Å². The van der Waals surface area contributed by atoms with Crippen LogP contribution in [-0.2, 0) is 0 Å². The Balaban J connectivity index is 2.73. The summed E-state index contributed by atoms with van der Waals surface area (Å²) in [7, 11) is 1.64. The molecule has 12 heavy (non-hydrogen) atoms. The van der Waals surface area contributed by atoms with Gasteiger partial charge in [0.15, 0.2) is 0 Å². The SMILES string of the molecule is C/N=N/C1=CC=C(C(=N)N)CC1. The number of nitrogens with two attached hydrogens (primary N) is 1. The first kappa shape index (κ1) is 8.64. The van der Waals surface area contributed by atoms with Crippen LogP contribution < -0.4 is 5.73 Å². The molecule has 0 amide bonds. The van der Waals surface area contributed by atoms with Gasteiger partial charge >= 0.3 is 0 Å². The molecule has 1 rings (SSSR count). The number of nitrogens with one attached hydrogen (secondary N) is 1. The van der Waals surface area contributed by atoms with E-state index in [1.54, 1.807) is 7.05 Å². The summed E-state index contributed by atoms with van der Waals surface area (Å²) in [5, 5.41) is 14.8. The van der Waals surface area contributed by atoms with Crippen molar-refractivity contribution in [2.45, 2.75) is 12.8 Å². The van der Waals surface area contributed by atoms with Gasteiger partial charge in [0.2, 0.25) is 0 Å². The number of hydrogen-bond donors (Lipinski definition) is 2. The third-order valence-electron chi connectivity index (χ3n) is 1.70. The van der Waals surface area contributed by atoms with Crippen molar-refractivity contribution in [1.82, 2.24) is 0 Å². The number of amidine groups is 1. The smallest absolute Gasteiger partial charge is 0.118 e. The summed E-state index contributed by atoms with van der Waals surface area (Å²) in [6.07, 6.45) is 5.30. The number of azo groups is 1.